The number of H-pyrrole nitrogens is 1. The molecule has 4 heteroatoms. The van der Waals surface area contributed by atoms with Crippen LogP contribution in [-0.2, 0) is 11.3 Å². The monoisotopic (exact) mass is 230 g/mol. The van der Waals surface area contributed by atoms with Gasteiger partial charge in [0.05, 0.1) is 5.69 Å². The third kappa shape index (κ3) is 2.79. The summed E-state index contributed by atoms with van der Waals surface area (Å²) < 4.78 is 4.96. The lowest BCUT2D eigenvalue weighted by atomic mass is 10.1. The van der Waals surface area contributed by atoms with Gasteiger partial charge in [0.15, 0.2) is 0 Å². The van der Waals surface area contributed by atoms with Gasteiger partial charge in [0.2, 0.25) is 0 Å². The summed E-state index contributed by atoms with van der Waals surface area (Å²) in [7, 11) is 1.57. The zero-order valence-electron chi connectivity index (χ0n) is 9.86. The first kappa shape index (κ1) is 11.5. The minimum Gasteiger partial charge on any atom is -0.377 e. The molecule has 0 bridgehead atoms. The minimum atomic E-state index is -0.163. The number of hydrogen-bond donors (Lipinski definition) is 1. The molecule has 0 atom stereocenters. The number of aryl methyl sites for hydroxylation is 1. The van der Waals surface area contributed by atoms with Crippen LogP contribution in [0.1, 0.15) is 11.4 Å². The SMILES string of the molecule is COCc1nc(-c2cccc(C)c2)cc(=O)[nH]1. The fourth-order valence-corrected chi connectivity index (χ4v) is 1.67. The van der Waals surface area contributed by atoms with E-state index in [0.717, 1.165) is 11.1 Å². The molecule has 0 spiro atoms. The maximum absolute atomic E-state index is 11.5. The van der Waals surface area contributed by atoms with Crippen LogP contribution in [0.15, 0.2) is 35.1 Å². The lowest BCUT2D eigenvalue weighted by molar-refractivity contribution is 0.177. The Morgan fingerprint density at radius 2 is 2.18 bits per heavy atom. The van der Waals surface area contributed by atoms with E-state index in [1.54, 1.807) is 7.11 Å². The van der Waals surface area contributed by atoms with Crippen LogP contribution in [0.3, 0.4) is 0 Å². The number of rotatable bonds is 3. The molecule has 0 fully saturated rings. The maximum atomic E-state index is 11.5. The Labute approximate surface area is 99.3 Å². The van der Waals surface area contributed by atoms with E-state index in [4.69, 9.17) is 4.74 Å². The number of aromatic amines is 1. The summed E-state index contributed by atoms with van der Waals surface area (Å²) in [5.74, 6) is 0.538. The number of benzene rings is 1. The zero-order valence-corrected chi connectivity index (χ0v) is 9.86. The third-order valence-electron chi connectivity index (χ3n) is 2.39. The molecule has 0 saturated carbocycles. The van der Waals surface area contributed by atoms with E-state index in [-0.39, 0.29) is 5.56 Å². The molecule has 0 aliphatic rings. The molecule has 0 aliphatic carbocycles. The summed E-state index contributed by atoms with van der Waals surface area (Å²) in [6.45, 7) is 2.31. The van der Waals surface area contributed by atoms with Crippen LogP contribution in [0, 0.1) is 6.92 Å². The molecule has 1 heterocycles. The Hall–Kier alpha value is -1.94. The average molecular weight is 230 g/mol. The molecule has 0 radical (unpaired) electrons. The number of ether oxygens (including phenoxy) is 1. The fourth-order valence-electron chi connectivity index (χ4n) is 1.67. The number of methoxy groups -OCH3 is 1. The highest BCUT2D eigenvalue weighted by atomic mass is 16.5. The molecule has 2 aromatic rings. The molecule has 1 aromatic carbocycles. The first-order valence-electron chi connectivity index (χ1n) is 5.35. The molecule has 0 aliphatic heterocycles. The van der Waals surface area contributed by atoms with Gasteiger partial charge in [-0.3, -0.25) is 4.79 Å². The second-order valence-electron chi connectivity index (χ2n) is 3.88. The van der Waals surface area contributed by atoms with E-state index >= 15 is 0 Å². The van der Waals surface area contributed by atoms with Crippen LogP contribution in [0.2, 0.25) is 0 Å². The number of hydrogen-bond acceptors (Lipinski definition) is 3. The van der Waals surface area contributed by atoms with Crippen LogP contribution < -0.4 is 5.56 Å². The van der Waals surface area contributed by atoms with Crippen LogP contribution in [0.4, 0.5) is 0 Å². The van der Waals surface area contributed by atoms with Crippen molar-refractivity contribution in [2.24, 2.45) is 0 Å². The van der Waals surface area contributed by atoms with Crippen molar-refractivity contribution in [2.45, 2.75) is 13.5 Å². The van der Waals surface area contributed by atoms with Gasteiger partial charge in [0.1, 0.15) is 12.4 Å². The van der Waals surface area contributed by atoms with E-state index in [0.29, 0.717) is 18.1 Å². The van der Waals surface area contributed by atoms with E-state index in [1.807, 2.05) is 31.2 Å². The summed E-state index contributed by atoms with van der Waals surface area (Å²) in [5, 5.41) is 0. The van der Waals surface area contributed by atoms with Crippen molar-refractivity contribution in [3.05, 3.63) is 52.1 Å². The molecule has 0 amide bonds. The lowest BCUT2D eigenvalue weighted by Crippen LogP contribution is -2.11. The highest BCUT2D eigenvalue weighted by Crippen LogP contribution is 2.16. The van der Waals surface area contributed by atoms with Gasteiger partial charge in [-0.15, -0.1) is 0 Å². The van der Waals surface area contributed by atoms with Gasteiger partial charge in [-0.1, -0.05) is 23.8 Å². The fraction of sp³-hybridized carbons (Fsp3) is 0.231. The molecule has 17 heavy (non-hydrogen) atoms. The minimum absolute atomic E-state index is 0.163. The van der Waals surface area contributed by atoms with Crippen molar-refractivity contribution >= 4 is 0 Å². The smallest absolute Gasteiger partial charge is 0.251 e. The summed E-state index contributed by atoms with van der Waals surface area (Å²) >= 11 is 0. The van der Waals surface area contributed by atoms with Crippen molar-refractivity contribution in [1.29, 1.82) is 0 Å². The topological polar surface area (TPSA) is 55.0 Å². The van der Waals surface area contributed by atoms with Crippen LogP contribution >= 0.6 is 0 Å². The van der Waals surface area contributed by atoms with Gasteiger partial charge in [-0.05, 0) is 13.0 Å². The van der Waals surface area contributed by atoms with Crippen molar-refractivity contribution < 1.29 is 4.74 Å². The van der Waals surface area contributed by atoms with E-state index in [2.05, 4.69) is 9.97 Å². The zero-order chi connectivity index (χ0) is 12.3. The Morgan fingerprint density at radius 3 is 2.88 bits per heavy atom. The molecule has 4 nitrogen and oxygen atoms in total. The van der Waals surface area contributed by atoms with Crippen LogP contribution in [0.5, 0.6) is 0 Å². The third-order valence-corrected chi connectivity index (χ3v) is 2.39. The largest absolute Gasteiger partial charge is 0.377 e. The molecule has 1 aromatic heterocycles. The summed E-state index contributed by atoms with van der Waals surface area (Å²) in [5.41, 5.74) is 2.58. The number of nitrogens with zero attached hydrogens (tertiary/aromatic N) is 1. The lowest BCUT2D eigenvalue weighted by Gasteiger charge is -2.04. The quantitative estimate of drug-likeness (QED) is 0.876. The van der Waals surface area contributed by atoms with Gasteiger partial charge < -0.3 is 9.72 Å². The highest BCUT2D eigenvalue weighted by molar-refractivity contribution is 5.59. The number of nitrogens with one attached hydrogen (secondary N) is 1. The summed E-state index contributed by atoms with van der Waals surface area (Å²) in [4.78, 5) is 18.5. The van der Waals surface area contributed by atoms with Crippen LogP contribution in [-0.4, -0.2) is 17.1 Å². The molecular weight excluding hydrogens is 216 g/mol. The second-order valence-corrected chi connectivity index (χ2v) is 3.88. The van der Waals surface area contributed by atoms with E-state index in [1.165, 1.54) is 6.07 Å². The molecule has 2 rings (SSSR count). The molecular formula is C13H14N2O2. The van der Waals surface area contributed by atoms with Gasteiger partial charge in [0.25, 0.3) is 5.56 Å². The van der Waals surface area contributed by atoms with Gasteiger partial charge in [-0.2, -0.15) is 0 Å². The first-order chi connectivity index (χ1) is 8.19. The Bertz CT molecular complexity index is 576. The molecule has 0 unspecified atom stereocenters. The van der Waals surface area contributed by atoms with Gasteiger partial charge >= 0.3 is 0 Å². The predicted octanol–water partition coefficient (Wildman–Crippen LogP) is 1.89. The molecule has 88 valence electrons. The maximum Gasteiger partial charge on any atom is 0.251 e. The summed E-state index contributed by atoms with van der Waals surface area (Å²) in [6, 6.07) is 9.38. The standard InChI is InChI=1S/C13H14N2O2/c1-9-4-3-5-10(6-9)11-7-13(16)15-12(14-11)8-17-2/h3-7H,8H2,1-2H3,(H,14,15,16). The van der Waals surface area contributed by atoms with Crippen molar-refractivity contribution in [3.63, 3.8) is 0 Å². The second kappa shape index (κ2) is 4.93. The highest BCUT2D eigenvalue weighted by Gasteiger charge is 2.03. The predicted molar refractivity (Wildman–Crippen MR) is 65.7 cm³/mol. The number of aromatic nitrogens is 2. The average Bonchev–Trinajstić information content (AvgIpc) is 2.28. The Morgan fingerprint density at radius 1 is 1.35 bits per heavy atom. The summed E-state index contributed by atoms with van der Waals surface area (Å²) in [6.07, 6.45) is 0. The Balaban J connectivity index is 2.48. The van der Waals surface area contributed by atoms with E-state index in [9.17, 15) is 4.79 Å². The van der Waals surface area contributed by atoms with E-state index < -0.39 is 0 Å². The van der Waals surface area contributed by atoms with Crippen molar-refractivity contribution in [2.75, 3.05) is 7.11 Å². The van der Waals surface area contributed by atoms with Crippen molar-refractivity contribution in [3.8, 4) is 11.3 Å². The van der Waals surface area contributed by atoms with Crippen molar-refractivity contribution in [1.82, 2.24) is 9.97 Å². The first-order valence-corrected chi connectivity index (χ1v) is 5.35. The molecule has 1 N–H and O–H groups in total. The normalized spacial score (nSPS) is 10.5. The van der Waals surface area contributed by atoms with Gasteiger partial charge in [0, 0.05) is 18.7 Å². The van der Waals surface area contributed by atoms with Crippen LogP contribution in [0.25, 0.3) is 11.3 Å². The van der Waals surface area contributed by atoms with Gasteiger partial charge in [-0.25, -0.2) is 4.98 Å². The Kier molecular flexibility index (Phi) is 3.35. The molecule has 0 saturated heterocycles.